The Morgan fingerprint density at radius 2 is 2.28 bits per heavy atom. The largest absolute Gasteiger partial charge is 0.383 e. The molecular weight excluding hydrogens is 230 g/mol. The molecule has 2 N–H and O–H groups in total. The molecule has 0 aromatic carbocycles. The molecule has 0 fully saturated rings. The Bertz CT molecular complexity index is 497. The number of hydrogen-bond donors (Lipinski definition) is 2. The summed E-state index contributed by atoms with van der Waals surface area (Å²) >= 11 is 0. The summed E-state index contributed by atoms with van der Waals surface area (Å²) in [6.07, 6.45) is 3.54. The second-order valence-corrected chi connectivity index (χ2v) is 3.92. The van der Waals surface area contributed by atoms with Gasteiger partial charge in [0.2, 0.25) is 0 Å². The van der Waals surface area contributed by atoms with Crippen molar-refractivity contribution in [2.45, 2.75) is 13.5 Å². The van der Waals surface area contributed by atoms with Crippen molar-refractivity contribution in [2.24, 2.45) is 0 Å². The van der Waals surface area contributed by atoms with Crippen LogP contribution in [0.3, 0.4) is 0 Å². The highest BCUT2D eigenvalue weighted by molar-refractivity contribution is 5.48. The highest BCUT2D eigenvalue weighted by Crippen LogP contribution is 2.11. The van der Waals surface area contributed by atoms with Gasteiger partial charge in [0.15, 0.2) is 5.82 Å². The molecule has 2 aromatic heterocycles. The second kappa shape index (κ2) is 6.23. The highest BCUT2D eigenvalue weighted by atomic mass is 16.5. The molecule has 0 saturated heterocycles. The molecule has 2 rings (SSSR count). The van der Waals surface area contributed by atoms with Crippen molar-refractivity contribution < 1.29 is 4.74 Å². The van der Waals surface area contributed by atoms with Crippen LogP contribution >= 0.6 is 0 Å². The molecule has 0 unspecified atom stereocenters. The molecule has 6 heteroatoms. The molecule has 96 valence electrons. The van der Waals surface area contributed by atoms with E-state index in [0.717, 1.165) is 36.1 Å². The van der Waals surface area contributed by atoms with Gasteiger partial charge in [0, 0.05) is 32.1 Å². The van der Waals surface area contributed by atoms with Gasteiger partial charge in [0.25, 0.3) is 0 Å². The fourth-order valence-corrected chi connectivity index (χ4v) is 1.56. The minimum absolute atomic E-state index is 0.700. The Balaban J connectivity index is 1.97. The van der Waals surface area contributed by atoms with Gasteiger partial charge < -0.3 is 15.0 Å². The number of imidazole rings is 1. The monoisotopic (exact) mass is 247 g/mol. The van der Waals surface area contributed by atoms with E-state index in [1.54, 1.807) is 13.3 Å². The standard InChI is InChI=1S/C12H17N5O/c1-9-14-4-3-11(16-9)12-15-8-10(17-12)7-13-5-6-18-2/h3-4,8,13H,5-7H2,1-2H3,(H,15,17). The summed E-state index contributed by atoms with van der Waals surface area (Å²) in [5.41, 5.74) is 1.84. The summed E-state index contributed by atoms with van der Waals surface area (Å²) in [4.78, 5) is 15.9. The molecule has 18 heavy (non-hydrogen) atoms. The van der Waals surface area contributed by atoms with Crippen LogP contribution in [-0.2, 0) is 11.3 Å². The van der Waals surface area contributed by atoms with Crippen molar-refractivity contribution in [1.29, 1.82) is 0 Å². The van der Waals surface area contributed by atoms with Gasteiger partial charge in [-0.15, -0.1) is 0 Å². The van der Waals surface area contributed by atoms with Crippen LogP contribution in [0.2, 0.25) is 0 Å². The van der Waals surface area contributed by atoms with Crippen molar-refractivity contribution in [1.82, 2.24) is 25.3 Å². The van der Waals surface area contributed by atoms with E-state index in [4.69, 9.17) is 4.74 Å². The first-order valence-electron chi connectivity index (χ1n) is 5.83. The zero-order valence-corrected chi connectivity index (χ0v) is 10.6. The third-order valence-corrected chi connectivity index (χ3v) is 2.45. The third kappa shape index (κ3) is 3.35. The lowest BCUT2D eigenvalue weighted by Crippen LogP contribution is -2.18. The van der Waals surface area contributed by atoms with Crippen molar-refractivity contribution in [3.63, 3.8) is 0 Å². The van der Waals surface area contributed by atoms with Gasteiger partial charge in [0.1, 0.15) is 11.5 Å². The molecule has 0 aliphatic rings. The first kappa shape index (κ1) is 12.7. The first-order chi connectivity index (χ1) is 8.79. The highest BCUT2D eigenvalue weighted by Gasteiger charge is 2.04. The summed E-state index contributed by atoms with van der Waals surface area (Å²) in [7, 11) is 1.69. The number of nitrogens with zero attached hydrogens (tertiary/aromatic N) is 3. The van der Waals surface area contributed by atoms with Crippen molar-refractivity contribution in [3.8, 4) is 11.5 Å². The third-order valence-electron chi connectivity index (χ3n) is 2.45. The molecule has 0 aliphatic heterocycles. The lowest BCUT2D eigenvalue weighted by Gasteiger charge is -2.01. The van der Waals surface area contributed by atoms with E-state index in [0.29, 0.717) is 6.61 Å². The SMILES string of the molecule is COCCNCc1cnc(-c2ccnc(C)n2)[nH]1. The van der Waals surface area contributed by atoms with Gasteiger partial charge in [0.05, 0.1) is 12.8 Å². The molecule has 0 amide bonds. The van der Waals surface area contributed by atoms with Crippen molar-refractivity contribution in [3.05, 3.63) is 30.0 Å². The number of hydrogen-bond acceptors (Lipinski definition) is 5. The molecule has 2 aromatic rings. The Labute approximate surface area is 106 Å². The quantitative estimate of drug-likeness (QED) is 0.742. The van der Waals surface area contributed by atoms with Crippen LogP contribution in [0.4, 0.5) is 0 Å². The van der Waals surface area contributed by atoms with Gasteiger partial charge in [-0.3, -0.25) is 0 Å². The van der Waals surface area contributed by atoms with E-state index in [-0.39, 0.29) is 0 Å². The summed E-state index contributed by atoms with van der Waals surface area (Å²) in [5.74, 6) is 1.51. The van der Waals surface area contributed by atoms with E-state index in [9.17, 15) is 0 Å². The molecule has 0 spiro atoms. The average molecular weight is 247 g/mol. The predicted octanol–water partition coefficient (Wildman–Crippen LogP) is 0.911. The van der Waals surface area contributed by atoms with E-state index in [2.05, 4.69) is 25.3 Å². The molecule has 2 heterocycles. The number of aromatic amines is 1. The van der Waals surface area contributed by atoms with Crippen molar-refractivity contribution in [2.75, 3.05) is 20.3 Å². The van der Waals surface area contributed by atoms with Crippen LogP contribution < -0.4 is 5.32 Å². The normalized spacial score (nSPS) is 10.8. The van der Waals surface area contributed by atoms with Crippen LogP contribution in [-0.4, -0.2) is 40.2 Å². The van der Waals surface area contributed by atoms with Crippen LogP contribution in [0.15, 0.2) is 18.5 Å². The fraction of sp³-hybridized carbons (Fsp3) is 0.417. The number of aryl methyl sites for hydroxylation is 1. The smallest absolute Gasteiger partial charge is 0.156 e. The summed E-state index contributed by atoms with van der Waals surface area (Å²) in [5, 5.41) is 3.25. The summed E-state index contributed by atoms with van der Waals surface area (Å²) < 4.78 is 4.96. The zero-order valence-electron chi connectivity index (χ0n) is 10.6. The summed E-state index contributed by atoms with van der Waals surface area (Å²) in [6.45, 7) is 4.11. The Morgan fingerprint density at radius 3 is 3.06 bits per heavy atom. The molecule has 0 saturated carbocycles. The van der Waals surface area contributed by atoms with Crippen molar-refractivity contribution >= 4 is 0 Å². The van der Waals surface area contributed by atoms with E-state index in [1.165, 1.54) is 0 Å². The van der Waals surface area contributed by atoms with E-state index >= 15 is 0 Å². The van der Waals surface area contributed by atoms with Gasteiger partial charge >= 0.3 is 0 Å². The number of H-pyrrole nitrogens is 1. The Kier molecular flexibility index (Phi) is 4.38. The molecular formula is C12H17N5O. The number of methoxy groups -OCH3 is 1. The maximum absolute atomic E-state index is 4.96. The predicted molar refractivity (Wildman–Crippen MR) is 67.9 cm³/mol. The summed E-state index contributed by atoms with van der Waals surface area (Å²) in [6, 6.07) is 1.84. The number of ether oxygens (including phenoxy) is 1. The van der Waals surface area contributed by atoms with Crippen LogP contribution in [0.1, 0.15) is 11.5 Å². The van der Waals surface area contributed by atoms with Crippen LogP contribution in [0, 0.1) is 6.92 Å². The second-order valence-electron chi connectivity index (χ2n) is 3.92. The molecule has 6 nitrogen and oxygen atoms in total. The van der Waals surface area contributed by atoms with Crippen LogP contribution in [0.5, 0.6) is 0 Å². The lowest BCUT2D eigenvalue weighted by atomic mass is 10.4. The van der Waals surface area contributed by atoms with Gasteiger partial charge in [-0.2, -0.15) is 0 Å². The minimum Gasteiger partial charge on any atom is -0.383 e. The first-order valence-corrected chi connectivity index (χ1v) is 5.83. The number of rotatable bonds is 6. The van der Waals surface area contributed by atoms with Gasteiger partial charge in [-0.05, 0) is 13.0 Å². The van der Waals surface area contributed by atoms with E-state index in [1.807, 2.05) is 19.2 Å². The Morgan fingerprint density at radius 1 is 1.39 bits per heavy atom. The number of nitrogens with one attached hydrogen (secondary N) is 2. The minimum atomic E-state index is 0.700. The maximum atomic E-state index is 4.96. The lowest BCUT2D eigenvalue weighted by molar-refractivity contribution is 0.199. The average Bonchev–Trinajstić information content (AvgIpc) is 2.83. The fourth-order valence-electron chi connectivity index (χ4n) is 1.56. The molecule has 0 atom stereocenters. The maximum Gasteiger partial charge on any atom is 0.156 e. The Hall–Kier alpha value is -1.79. The van der Waals surface area contributed by atoms with Gasteiger partial charge in [-0.25, -0.2) is 15.0 Å². The van der Waals surface area contributed by atoms with Crippen LogP contribution in [0.25, 0.3) is 11.5 Å². The molecule has 0 aliphatic carbocycles. The number of aromatic nitrogens is 4. The topological polar surface area (TPSA) is 75.7 Å². The zero-order chi connectivity index (χ0) is 12.8. The molecule has 0 radical (unpaired) electrons. The van der Waals surface area contributed by atoms with Gasteiger partial charge in [-0.1, -0.05) is 0 Å². The van der Waals surface area contributed by atoms with E-state index < -0.39 is 0 Å². The molecule has 0 bridgehead atoms.